The van der Waals surface area contributed by atoms with Gasteiger partial charge in [-0.05, 0) is 49.6 Å². The fraction of sp³-hybridized carbons (Fsp3) is 0.150. The summed E-state index contributed by atoms with van der Waals surface area (Å²) in [6, 6.07) is 13.7. The predicted octanol–water partition coefficient (Wildman–Crippen LogP) is 4.40. The maximum Gasteiger partial charge on any atom is 0.275 e. The van der Waals surface area contributed by atoms with Crippen LogP contribution >= 0.6 is 0 Å². The SMILES string of the molecule is Cc1cccc(NC(=O)c2cnc(Nc3c(C)cccc3C)cn2)c1. The van der Waals surface area contributed by atoms with Gasteiger partial charge in [-0.2, -0.15) is 0 Å². The van der Waals surface area contributed by atoms with E-state index in [4.69, 9.17) is 0 Å². The second-order valence-corrected chi connectivity index (χ2v) is 6.00. The van der Waals surface area contributed by atoms with E-state index in [-0.39, 0.29) is 11.6 Å². The molecule has 0 radical (unpaired) electrons. The number of carbonyl (C=O) groups excluding carboxylic acids is 1. The summed E-state index contributed by atoms with van der Waals surface area (Å²) in [5.74, 6) is 0.321. The Morgan fingerprint density at radius 2 is 1.64 bits per heavy atom. The molecule has 126 valence electrons. The van der Waals surface area contributed by atoms with Crippen LogP contribution in [0.1, 0.15) is 27.2 Å². The number of rotatable bonds is 4. The quantitative estimate of drug-likeness (QED) is 0.743. The second-order valence-electron chi connectivity index (χ2n) is 6.00. The zero-order valence-electron chi connectivity index (χ0n) is 14.5. The number of nitrogens with one attached hydrogen (secondary N) is 2. The molecule has 2 N–H and O–H groups in total. The molecule has 3 rings (SSSR count). The summed E-state index contributed by atoms with van der Waals surface area (Å²) in [6.07, 6.45) is 3.04. The monoisotopic (exact) mass is 332 g/mol. The summed E-state index contributed by atoms with van der Waals surface area (Å²) < 4.78 is 0. The van der Waals surface area contributed by atoms with Crippen molar-refractivity contribution < 1.29 is 4.79 Å². The summed E-state index contributed by atoms with van der Waals surface area (Å²) in [7, 11) is 0. The van der Waals surface area contributed by atoms with Crippen molar-refractivity contribution in [2.24, 2.45) is 0 Å². The molecule has 1 aromatic heterocycles. The van der Waals surface area contributed by atoms with Gasteiger partial charge in [-0.1, -0.05) is 30.3 Å². The predicted molar refractivity (Wildman–Crippen MR) is 100 cm³/mol. The fourth-order valence-corrected chi connectivity index (χ4v) is 2.57. The molecular weight excluding hydrogens is 312 g/mol. The molecule has 0 unspecified atom stereocenters. The second kappa shape index (κ2) is 7.13. The summed E-state index contributed by atoms with van der Waals surface area (Å²) in [5, 5.41) is 6.08. The highest BCUT2D eigenvalue weighted by Gasteiger charge is 2.09. The first-order valence-corrected chi connectivity index (χ1v) is 8.06. The topological polar surface area (TPSA) is 66.9 Å². The largest absolute Gasteiger partial charge is 0.339 e. The third-order valence-electron chi connectivity index (χ3n) is 3.89. The van der Waals surface area contributed by atoms with Crippen LogP contribution in [0.3, 0.4) is 0 Å². The number of amides is 1. The zero-order valence-corrected chi connectivity index (χ0v) is 14.5. The molecular formula is C20H20N4O. The maximum atomic E-state index is 12.3. The highest BCUT2D eigenvalue weighted by Crippen LogP contribution is 2.22. The summed E-state index contributed by atoms with van der Waals surface area (Å²) >= 11 is 0. The molecule has 0 fully saturated rings. The Kier molecular flexibility index (Phi) is 4.75. The lowest BCUT2D eigenvalue weighted by atomic mass is 10.1. The van der Waals surface area contributed by atoms with Gasteiger partial charge >= 0.3 is 0 Å². The smallest absolute Gasteiger partial charge is 0.275 e. The normalized spacial score (nSPS) is 10.4. The Bertz CT molecular complexity index is 884. The molecule has 1 amide bonds. The number of benzene rings is 2. The summed E-state index contributed by atoms with van der Waals surface area (Å²) in [6.45, 7) is 6.04. The summed E-state index contributed by atoms with van der Waals surface area (Å²) in [4.78, 5) is 20.8. The third kappa shape index (κ3) is 4.01. The highest BCUT2D eigenvalue weighted by atomic mass is 16.1. The number of nitrogens with zero attached hydrogens (tertiary/aromatic N) is 2. The van der Waals surface area contributed by atoms with Crippen LogP contribution in [0.2, 0.25) is 0 Å². The van der Waals surface area contributed by atoms with Gasteiger partial charge in [0.1, 0.15) is 11.5 Å². The van der Waals surface area contributed by atoms with E-state index >= 15 is 0 Å². The number of aryl methyl sites for hydroxylation is 3. The Morgan fingerprint density at radius 1 is 0.920 bits per heavy atom. The molecule has 0 bridgehead atoms. The van der Waals surface area contributed by atoms with Gasteiger partial charge in [-0.15, -0.1) is 0 Å². The highest BCUT2D eigenvalue weighted by molar-refractivity contribution is 6.02. The molecule has 0 saturated carbocycles. The van der Waals surface area contributed by atoms with E-state index in [9.17, 15) is 4.79 Å². The number of hydrogen-bond donors (Lipinski definition) is 2. The van der Waals surface area contributed by atoms with E-state index in [1.165, 1.54) is 6.20 Å². The Hall–Kier alpha value is -3.21. The van der Waals surface area contributed by atoms with Crippen molar-refractivity contribution in [2.75, 3.05) is 10.6 Å². The first-order valence-electron chi connectivity index (χ1n) is 8.06. The zero-order chi connectivity index (χ0) is 17.8. The van der Waals surface area contributed by atoms with Gasteiger partial charge in [0.05, 0.1) is 12.4 Å². The van der Waals surface area contributed by atoms with Gasteiger partial charge in [0.25, 0.3) is 5.91 Å². The van der Waals surface area contributed by atoms with Crippen LogP contribution in [0, 0.1) is 20.8 Å². The van der Waals surface area contributed by atoms with Crippen molar-refractivity contribution in [3.63, 3.8) is 0 Å². The van der Waals surface area contributed by atoms with E-state index in [0.29, 0.717) is 5.82 Å². The average molecular weight is 332 g/mol. The molecule has 0 atom stereocenters. The first-order chi connectivity index (χ1) is 12.0. The molecule has 0 aliphatic carbocycles. The van der Waals surface area contributed by atoms with Gasteiger partial charge in [-0.25, -0.2) is 9.97 Å². The first kappa shape index (κ1) is 16.6. The van der Waals surface area contributed by atoms with Crippen molar-refractivity contribution in [1.29, 1.82) is 0 Å². The fourth-order valence-electron chi connectivity index (χ4n) is 2.57. The van der Waals surface area contributed by atoms with Crippen molar-refractivity contribution in [1.82, 2.24) is 9.97 Å². The summed E-state index contributed by atoms with van der Waals surface area (Å²) in [5.41, 5.74) is 5.36. The van der Waals surface area contributed by atoms with E-state index in [1.54, 1.807) is 6.20 Å². The van der Waals surface area contributed by atoms with Crippen LogP contribution in [0.15, 0.2) is 54.9 Å². The van der Waals surface area contributed by atoms with Crippen LogP contribution in [-0.4, -0.2) is 15.9 Å². The lowest BCUT2D eigenvalue weighted by Gasteiger charge is -2.12. The minimum Gasteiger partial charge on any atom is -0.339 e. The molecule has 3 aromatic rings. The van der Waals surface area contributed by atoms with Crippen LogP contribution < -0.4 is 10.6 Å². The molecule has 0 spiro atoms. The van der Waals surface area contributed by atoms with Crippen molar-refractivity contribution in [3.05, 3.63) is 77.2 Å². The van der Waals surface area contributed by atoms with Crippen LogP contribution in [0.4, 0.5) is 17.2 Å². The van der Waals surface area contributed by atoms with E-state index in [2.05, 4.69) is 20.6 Å². The van der Waals surface area contributed by atoms with Crippen LogP contribution in [0.5, 0.6) is 0 Å². The molecule has 0 saturated heterocycles. The molecule has 5 heteroatoms. The molecule has 2 aromatic carbocycles. The van der Waals surface area contributed by atoms with Crippen molar-refractivity contribution in [2.45, 2.75) is 20.8 Å². The third-order valence-corrected chi connectivity index (χ3v) is 3.89. The molecule has 0 aliphatic heterocycles. The van der Waals surface area contributed by atoms with Crippen molar-refractivity contribution in [3.8, 4) is 0 Å². The van der Waals surface area contributed by atoms with E-state index in [0.717, 1.165) is 28.1 Å². The Balaban J connectivity index is 1.72. The molecule has 0 aliphatic rings. The lowest BCUT2D eigenvalue weighted by Crippen LogP contribution is -2.14. The number of anilines is 3. The Labute approximate surface area is 147 Å². The molecule has 1 heterocycles. The lowest BCUT2D eigenvalue weighted by molar-refractivity contribution is 0.102. The van der Waals surface area contributed by atoms with Gasteiger partial charge in [0, 0.05) is 11.4 Å². The maximum absolute atomic E-state index is 12.3. The number of para-hydroxylation sites is 1. The standard InChI is InChI=1S/C20H20N4O/c1-13-6-4-9-16(10-13)23-20(25)17-11-22-18(12-21-17)24-19-14(2)7-5-8-15(19)3/h4-12H,1-3H3,(H,22,24)(H,23,25). The minimum absolute atomic E-state index is 0.272. The number of hydrogen-bond acceptors (Lipinski definition) is 4. The number of aromatic nitrogens is 2. The van der Waals surface area contributed by atoms with E-state index < -0.39 is 0 Å². The van der Waals surface area contributed by atoms with Crippen molar-refractivity contribution >= 4 is 23.1 Å². The van der Waals surface area contributed by atoms with E-state index in [1.807, 2.05) is 63.2 Å². The van der Waals surface area contributed by atoms with Gasteiger partial charge < -0.3 is 10.6 Å². The number of carbonyl (C=O) groups is 1. The Morgan fingerprint density at radius 3 is 2.28 bits per heavy atom. The minimum atomic E-state index is -0.281. The van der Waals surface area contributed by atoms with Crippen LogP contribution in [0.25, 0.3) is 0 Å². The van der Waals surface area contributed by atoms with Gasteiger partial charge in [-0.3, -0.25) is 4.79 Å². The average Bonchev–Trinajstić information content (AvgIpc) is 2.59. The van der Waals surface area contributed by atoms with Crippen LogP contribution in [-0.2, 0) is 0 Å². The molecule has 5 nitrogen and oxygen atoms in total. The van der Waals surface area contributed by atoms with Gasteiger partial charge in [0.15, 0.2) is 0 Å². The molecule has 25 heavy (non-hydrogen) atoms. The van der Waals surface area contributed by atoms with Gasteiger partial charge in [0.2, 0.25) is 0 Å².